The number of carbonyl (C=O) groups excluding carboxylic acids is 1. The Hall–Kier alpha value is -1.35. The molecule has 2 rings (SSSR count). The van der Waals surface area contributed by atoms with E-state index in [2.05, 4.69) is 51.2 Å². The van der Waals surface area contributed by atoms with E-state index in [1.807, 2.05) is 4.90 Å². The molecule has 1 N–H and O–H groups in total. The second kappa shape index (κ2) is 7.08. The molecule has 0 saturated carbocycles. The summed E-state index contributed by atoms with van der Waals surface area (Å²) in [4.78, 5) is 14.1. The summed E-state index contributed by atoms with van der Waals surface area (Å²) >= 11 is 0. The van der Waals surface area contributed by atoms with Gasteiger partial charge in [-0.15, -0.1) is 0 Å². The smallest absolute Gasteiger partial charge is 0.222 e. The van der Waals surface area contributed by atoms with Gasteiger partial charge in [0.05, 0.1) is 6.04 Å². The van der Waals surface area contributed by atoms with E-state index in [1.54, 1.807) is 0 Å². The largest absolute Gasteiger partial charge is 0.340 e. The van der Waals surface area contributed by atoms with Crippen molar-refractivity contribution in [1.82, 2.24) is 10.2 Å². The molecule has 1 aromatic rings. The predicted molar refractivity (Wildman–Crippen MR) is 87.3 cm³/mol. The van der Waals surface area contributed by atoms with Crippen LogP contribution in [-0.2, 0) is 4.79 Å². The molecule has 0 aliphatic carbocycles. The molecule has 2 atom stereocenters. The SMILES string of the molecule is CCCNC(CN1CC(C)CC1=O)c1ccc(C)cc1C. The Morgan fingerprint density at radius 1 is 1.38 bits per heavy atom. The number of hydrogen-bond acceptors (Lipinski definition) is 2. The highest BCUT2D eigenvalue weighted by atomic mass is 16.2. The van der Waals surface area contributed by atoms with Gasteiger partial charge in [0.1, 0.15) is 0 Å². The third kappa shape index (κ3) is 4.07. The van der Waals surface area contributed by atoms with Gasteiger partial charge in [0.15, 0.2) is 0 Å². The minimum absolute atomic E-state index is 0.236. The maximum atomic E-state index is 12.1. The van der Waals surface area contributed by atoms with Crippen LogP contribution in [0.15, 0.2) is 18.2 Å². The number of benzene rings is 1. The number of rotatable bonds is 6. The van der Waals surface area contributed by atoms with Crippen molar-refractivity contribution in [2.24, 2.45) is 5.92 Å². The number of hydrogen-bond donors (Lipinski definition) is 1. The van der Waals surface area contributed by atoms with Gasteiger partial charge in [-0.2, -0.15) is 0 Å². The van der Waals surface area contributed by atoms with E-state index >= 15 is 0 Å². The number of likely N-dealkylation sites (tertiary alicyclic amines) is 1. The summed E-state index contributed by atoms with van der Waals surface area (Å²) in [5, 5.41) is 3.61. The van der Waals surface area contributed by atoms with Gasteiger partial charge < -0.3 is 10.2 Å². The van der Waals surface area contributed by atoms with E-state index < -0.39 is 0 Å². The van der Waals surface area contributed by atoms with Gasteiger partial charge in [0.2, 0.25) is 5.91 Å². The maximum Gasteiger partial charge on any atom is 0.222 e. The van der Waals surface area contributed by atoms with Crippen LogP contribution >= 0.6 is 0 Å². The second-order valence-corrected chi connectivity index (χ2v) is 6.47. The predicted octanol–water partition coefficient (Wildman–Crippen LogP) is 3.21. The molecule has 1 fully saturated rings. The van der Waals surface area contributed by atoms with Crippen LogP contribution < -0.4 is 5.32 Å². The lowest BCUT2D eigenvalue weighted by molar-refractivity contribution is -0.128. The molecule has 0 aromatic heterocycles. The lowest BCUT2D eigenvalue weighted by atomic mass is 9.98. The zero-order chi connectivity index (χ0) is 15.4. The van der Waals surface area contributed by atoms with Crippen LogP contribution in [0.4, 0.5) is 0 Å². The summed E-state index contributed by atoms with van der Waals surface area (Å²) in [5.74, 6) is 0.791. The van der Waals surface area contributed by atoms with Crippen molar-refractivity contribution in [2.45, 2.75) is 46.6 Å². The zero-order valence-corrected chi connectivity index (χ0v) is 13.8. The van der Waals surface area contributed by atoms with Crippen LogP contribution in [0.2, 0.25) is 0 Å². The number of nitrogens with one attached hydrogen (secondary N) is 1. The Labute approximate surface area is 128 Å². The third-order valence-electron chi connectivity index (χ3n) is 4.25. The molecule has 3 heteroatoms. The normalized spacial score (nSPS) is 20.1. The van der Waals surface area contributed by atoms with Crippen molar-refractivity contribution in [2.75, 3.05) is 19.6 Å². The van der Waals surface area contributed by atoms with Crippen LogP contribution in [0.3, 0.4) is 0 Å². The molecular formula is C18H28N2O. The summed E-state index contributed by atoms with van der Waals surface area (Å²) < 4.78 is 0. The molecule has 1 aliphatic heterocycles. The fourth-order valence-electron chi connectivity index (χ4n) is 3.17. The minimum atomic E-state index is 0.236. The summed E-state index contributed by atoms with van der Waals surface area (Å²) in [5.41, 5.74) is 3.92. The van der Waals surface area contributed by atoms with Crippen molar-refractivity contribution in [1.29, 1.82) is 0 Å². The van der Waals surface area contributed by atoms with Gasteiger partial charge in [-0.1, -0.05) is 37.6 Å². The highest BCUT2D eigenvalue weighted by molar-refractivity contribution is 5.78. The van der Waals surface area contributed by atoms with Gasteiger partial charge in [-0.05, 0) is 43.9 Å². The molecule has 1 aliphatic rings. The van der Waals surface area contributed by atoms with E-state index in [0.29, 0.717) is 18.2 Å². The third-order valence-corrected chi connectivity index (χ3v) is 4.25. The maximum absolute atomic E-state index is 12.1. The van der Waals surface area contributed by atoms with Crippen LogP contribution in [-0.4, -0.2) is 30.4 Å². The molecule has 3 nitrogen and oxygen atoms in total. The number of aryl methyl sites for hydroxylation is 2. The fourth-order valence-corrected chi connectivity index (χ4v) is 3.17. The van der Waals surface area contributed by atoms with E-state index in [4.69, 9.17) is 0 Å². The summed E-state index contributed by atoms with van der Waals surface area (Å²) in [6.45, 7) is 11.3. The number of nitrogens with zero attached hydrogens (tertiary/aromatic N) is 1. The average Bonchev–Trinajstić information content (AvgIpc) is 2.73. The lowest BCUT2D eigenvalue weighted by Crippen LogP contribution is -2.36. The molecule has 1 saturated heterocycles. The van der Waals surface area contributed by atoms with Gasteiger partial charge in [-0.25, -0.2) is 0 Å². The summed E-state index contributed by atoms with van der Waals surface area (Å²) in [6, 6.07) is 6.84. The lowest BCUT2D eigenvalue weighted by Gasteiger charge is -2.27. The monoisotopic (exact) mass is 288 g/mol. The van der Waals surface area contributed by atoms with Crippen molar-refractivity contribution < 1.29 is 4.79 Å². The number of amides is 1. The van der Waals surface area contributed by atoms with Gasteiger partial charge in [-0.3, -0.25) is 4.79 Å². The Balaban J connectivity index is 2.15. The van der Waals surface area contributed by atoms with E-state index in [-0.39, 0.29) is 6.04 Å². The van der Waals surface area contributed by atoms with Crippen LogP contribution in [0.25, 0.3) is 0 Å². The standard InChI is InChI=1S/C18H28N2O/c1-5-8-19-17(12-20-11-14(3)10-18(20)21)16-7-6-13(2)9-15(16)4/h6-7,9,14,17,19H,5,8,10-12H2,1-4H3. The first-order valence-electron chi connectivity index (χ1n) is 8.09. The van der Waals surface area contributed by atoms with E-state index in [9.17, 15) is 4.79 Å². The van der Waals surface area contributed by atoms with E-state index in [1.165, 1.54) is 16.7 Å². The van der Waals surface area contributed by atoms with E-state index in [0.717, 1.165) is 26.1 Å². The van der Waals surface area contributed by atoms with Crippen LogP contribution in [0.1, 0.15) is 49.4 Å². The fraction of sp³-hybridized carbons (Fsp3) is 0.611. The Morgan fingerprint density at radius 3 is 2.71 bits per heavy atom. The quantitative estimate of drug-likeness (QED) is 0.871. The van der Waals surface area contributed by atoms with Crippen LogP contribution in [0, 0.1) is 19.8 Å². The molecule has 116 valence electrons. The highest BCUT2D eigenvalue weighted by Gasteiger charge is 2.29. The molecule has 0 radical (unpaired) electrons. The second-order valence-electron chi connectivity index (χ2n) is 6.47. The minimum Gasteiger partial charge on any atom is -0.340 e. The van der Waals surface area contributed by atoms with Crippen molar-refractivity contribution >= 4 is 5.91 Å². The van der Waals surface area contributed by atoms with Gasteiger partial charge >= 0.3 is 0 Å². The first-order valence-corrected chi connectivity index (χ1v) is 8.09. The zero-order valence-electron chi connectivity index (χ0n) is 13.8. The topological polar surface area (TPSA) is 32.3 Å². The molecule has 2 unspecified atom stereocenters. The summed E-state index contributed by atoms with van der Waals surface area (Å²) in [6.07, 6.45) is 1.80. The van der Waals surface area contributed by atoms with Gasteiger partial charge in [0, 0.05) is 19.5 Å². The molecule has 1 amide bonds. The molecule has 1 heterocycles. The number of carbonyl (C=O) groups is 1. The Kier molecular flexibility index (Phi) is 5.40. The molecule has 1 aromatic carbocycles. The highest BCUT2D eigenvalue weighted by Crippen LogP contribution is 2.24. The molecular weight excluding hydrogens is 260 g/mol. The molecule has 21 heavy (non-hydrogen) atoms. The van der Waals surface area contributed by atoms with Crippen molar-refractivity contribution in [3.05, 3.63) is 34.9 Å². The molecule has 0 spiro atoms. The van der Waals surface area contributed by atoms with Crippen molar-refractivity contribution in [3.8, 4) is 0 Å². The average molecular weight is 288 g/mol. The van der Waals surface area contributed by atoms with Gasteiger partial charge in [0.25, 0.3) is 0 Å². The summed E-state index contributed by atoms with van der Waals surface area (Å²) in [7, 11) is 0. The van der Waals surface area contributed by atoms with Crippen LogP contribution in [0.5, 0.6) is 0 Å². The molecule has 0 bridgehead atoms. The Morgan fingerprint density at radius 2 is 2.14 bits per heavy atom. The first-order chi connectivity index (χ1) is 10.0. The Bertz CT molecular complexity index is 498. The van der Waals surface area contributed by atoms with Crippen molar-refractivity contribution in [3.63, 3.8) is 0 Å². The first kappa shape index (κ1) is 16.0.